The molecule has 0 radical (unpaired) electrons. The minimum atomic E-state index is -2.27. The average Bonchev–Trinajstić information content (AvgIpc) is 3.14. The lowest BCUT2D eigenvalue weighted by Crippen LogP contribution is -2.53. The number of cyclic esters (lactones) is 1. The van der Waals surface area contributed by atoms with Gasteiger partial charge in [0, 0.05) is 16.5 Å². The normalized spacial score (nSPS) is 21.2. The molecule has 0 unspecified atom stereocenters. The van der Waals surface area contributed by atoms with Crippen molar-refractivity contribution in [1.29, 1.82) is 0 Å². The number of aromatic nitrogens is 2. The summed E-state index contributed by atoms with van der Waals surface area (Å²) >= 11 is 0. The summed E-state index contributed by atoms with van der Waals surface area (Å²) < 4.78 is 29.1. The van der Waals surface area contributed by atoms with Gasteiger partial charge in [-0.2, -0.15) is 0 Å². The van der Waals surface area contributed by atoms with Crippen molar-refractivity contribution >= 4 is 25.2 Å². The number of fused-ring (bicyclic) bond motifs is 5. The van der Waals surface area contributed by atoms with Gasteiger partial charge >= 0.3 is 5.97 Å². The third-order valence-electron chi connectivity index (χ3n) is 7.76. The second-order valence-corrected chi connectivity index (χ2v) is 13.8. The number of ether oxygens (including phenoxy) is 1. The van der Waals surface area contributed by atoms with E-state index in [1.54, 1.807) is 12.1 Å². The topological polar surface area (TPSA) is 70.4 Å². The summed E-state index contributed by atoms with van der Waals surface area (Å²) in [6, 6.07) is 13.5. The van der Waals surface area contributed by atoms with Gasteiger partial charge in [-0.15, -0.1) is 0 Å². The number of halogens is 1. The molecule has 4 heterocycles. The van der Waals surface area contributed by atoms with Crippen molar-refractivity contribution in [2.45, 2.75) is 70.8 Å². The van der Waals surface area contributed by atoms with E-state index in [4.69, 9.17) is 14.1 Å². The Balaban J connectivity index is 1.78. The van der Waals surface area contributed by atoms with Crippen LogP contribution in [0.15, 0.2) is 41.2 Å². The number of nitrogens with zero attached hydrogens (tertiary/aromatic N) is 2. The molecule has 0 spiro atoms. The van der Waals surface area contributed by atoms with Gasteiger partial charge in [0.25, 0.3) is 5.56 Å². The van der Waals surface area contributed by atoms with Crippen molar-refractivity contribution in [2.75, 3.05) is 0 Å². The maximum Gasteiger partial charge on any atom is 0.342 e. The summed E-state index contributed by atoms with van der Waals surface area (Å²) in [5.41, 5.74) is 0.813. The van der Waals surface area contributed by atoms with Crippen molar-refractivity contribution in [1.82, 2.24) is 9.55 Å². The van der Waals surface area contributed by atoms with Crippen LogP contribution in [-0.2, 0) is 26.2 Å². The Kier molecular flexibility index (Phi) is 5.48. The van der Waals surface area contributed by atoms with E-state index in [0.29, 0.717) is 28.9 Å². The summed E-state index contributed by atoms with van der Waals surface area (Å²) in [5.74, 6) is -0.472. The lowest BCUT2D eigenvalue weighted by Gasteiger charge is -2.43. The molecule has 2 aliphatic rings. The molecule has 1 aromatic carbocycles. The molecule has 0 bridgehead atoms. The predicted octanol–water partition coefficient (Wildman–Crippen LogP) is 5.58. The first kappa shape index (κ1) is 22.9. The van der Waals surface area contributed by atoms with Gasteiger partial charge in [0.2, 0.25) is 6.30 Å². The smallest absolute Gasteiger partial charge is 0.342 e. The number of esters is 1. The SMILES string of the molecule is CC[C@@]1(O[Si](CC)(CC)CC)C(=O)OCc2c1cc1n(c2=O)[C@@H](F)c2cc3ccccc3nc2-1. The Labute approximate surface area is 198 Å². The monoisotopic (exact) mass is 480 g/mol. The third kappa shape index (κ3) is 3.04. The van der Waals surface area contributed by atoms with Gasteiger partial charge in [0.1, 0.15) is 6.61 Å². The number of para-hydroxylation sites is 1. The van der Waals surface area contributed by atoms with Gasteiger partial charge in [0.05, 0.1) is 22.5 Å². The molecule has 0 aliphatic carbocycles. The maximum atomic E-state index is 15.6. The van der Waals surface area contributed by atoms with E-state index in [1.807, 2.05) is 31.2 Å². The van der Waals surface area contributed by atoms with Gasteiger partial charge in [-0.05, 0) is 42.8 Å². The highest BCUT2D eigenvalue weighted by Gasteiger charge is 2.52. The summed E-state index contributed by atoms with van der Waals surface area (Å²) in [6.07, 6.45) is -1.32. The highest BCUT2D eigenvalue weighted by molar-refractivity contribution is 6.73. The number of hydrogen-bond donors (Lipinski definition) is 0. The van der Waals surface area contributed by atoms with E-state index in [2.05, 4.69) is 20.8 Å². The molecule has 178 valence electrons. The fourth-order valence-electron chi connectivity index (χ4n) is 5.43. The van der Waals surface area contributed by atoms with Crippen LogP contribution in [0.25, 0.3) is 22.3 Å². The zero-order valence-electron chi connectivity index (χ0n) is 20.0. The van der Waals surface area contributed by atoms with Crippen molar-refractivity contribution in [3.8, 4) is 11.4 Å². The first-order chi connectivity index (χ1) is 16.3. The minimum Gasteiger partial charge on any atom is -0.458 e. The Morgan fingerprint density at radius 1 is 1.15 bits per heavy atom. The highest BCUT2D eigenvalue weighted by atomic mass is 28.4. The fourth-order valence-corrected chi connectivity index (χ4v) is 8.44. The molecule has 2 atom stereocenters. The quantitative estimate of drug-likeness (QED) is 0.340. The van der Waals surface area contributed by atoms with E-state index in [1.165, 1.54) is 0 Å². The van der Waals surface area contributed by atoms with E-state index in [9.17, 15) is 9.59 Å². The molecule has 0 amide bonds. The van der Waals surface area contributed by atoms with E-state index < -0.39 is 31.7 Å². The summed E-state index contributed by atoms with van der Waals surface area (Å²) in [4.78, 5) is 31.6. The van der Waals surface area contributed by atoms with Crippen LogP contribution in [0.2, 0.25) is 18.1 Å². The molecule has 6 nitrogen and oxygen atoms in total. The van der Waals surface area contributed by atoms with Crippen LogP contribution < -0.4 is 5.56 Å². The molecule has 0 N–H and O–H groups in total. The van der Waals surface area contributed by atoms with Crippen molar-refractivity contribution in [3.63, 3.8) is 0 Å². The Morgan fingerprint density at radius 2 is 1.85 bits per heavy atom. The molecule has 2 aromatic heterocycles. The van der Waals surface area contributed by atoms with Crippen LogP contribution in [-0.4, -0.2) is 23.8 Å². The Hall–Kier alpha value is -2.84. The number of carbonyl (C=O) groups is 1. The highest BCUT2D eigenvalue weighted by Crippen LogP contribution is 2.46. The molecule has 2 aliphatic heterocycles. The molecule has 34 heavy (non-hydrogen) atoms. The number of hydrogen-bond acceptors (Lipinski definition) is 5. The number of carbonyl (C=O) groups excluding carboxylic acids is 1. The number of rotatable bonds is 6. The van der Waals surface area contributed by atoms with Crippen LogP contribution in [0, 0.1) is 0 Å². The molecule has 8 heteroatoms. The number of alkyl halides is 1. The maximum absolute atomic E-state index is 15.6. The summed E-state index contributed by atoms with van der Waals surface area (Å²) in [5, 5.41) is 0.809. The third-order valence-corrected chi connectivity index (χ3v) is 12.4. The zero-order valence-corrected chi connectivity index (χ0v) is 21.0. The van der Waals surface area contributed by atoms with E-state index >= 15 is 4.39 Å². The van der Waals surface area contributed by atoms with Gasteiger partial charge < -0.3 is 9.16 Å². The van der Waals surface area contributed by atoms with Gasteiger partial charge in [-0.3, -0.25) is 9.36 Å². The average molecular weight is 481 g/mol. The standard InChI is InChI=1S/C26H29FN2O4Si/c1-5-26(33-34(6-2,7-3)8-4)19-14-21-22-17(13-16-11-9-10-12-20(16)28-22)23(27)29(21)24(30)18(19)15-32-25(26)31/h9-14,23H,5-8,15H2,1-4H3/t23-,26+/m1/s1. The number of pyridine rings is 2. The van der Waals surface area contributed by atoms with Crippen molar-refractivity contribution in [3.05, 3.63) is 63.4 Å². The molecule has 0 saturated heterocycles. The van der Waals surface area contributed by atoms with Crippen LogP contribution >= 0.6 is 0 Å². The molecule has 0 saturated carbocycles. The number of benzene rings is 1. The first-order valence-corrected chi connectivity index (χ1v) is 14.6. The van der Waals surface area contributed by atoms with Crippen molar-refractivity contribution < 1.29 is 18.3 Å². The lowest BCUT2D eigenvalue weighted by atomic mass is 9.86. The van der Waals surface area contributed by atoms with Crippen LogP contribution in [0.3, 0.4) is 0 Å². The summed E-state index contributed by atoms with van der Waals surface area (Å²) in [7, 11) is -2.27. The molecular formula is C26H29FN2O4Si. The van der Waals surface area contributed by atoms with Crippen LogP contribution in [0.5, 0.6) is 0 Å². The van der Waals surface area contributed by atoms with E-state index in [-0.39, 0.29) is 12.2 Å². The fraction of sp³-hybridized carbons (Fsp3) is 0.423. The predicted molar refractivity (Wildman–Crippen MR) is 131 cm³/mol. The minimum absolute atomic E-state index is 0.185. The van der Waals surface area contributed by atoms with Gasteiger partial charge in [-0.25, -0.2) is 14.2 Å². The van der Waals surface area contributed by atoms with Crippen LogP contribution in [0.4, 0.5) is 4.39 Å². The second-order valence-electron chi connectivity index (χ2n) is 9.15. The molecule has 5 rings (SSSR count). The Morgan fingerprint density at radius 3 is 2.53 bits per heavy atom. The van der Waals surface area contributed by atoms with Crippen molar-refractivity contribution in [2.24, 2.45) is 0 Å². The summed E-state index contributed by atoms with van der Waals surface area (Å²) in [6.45, 7) is 7.96. The zero-order chi connectivity index (χ0) is 24.3. The van der Waals surface area contributed by atoms with E-state index in [0.717, 1.165) is 33.6 Å². The lowest BCUT2D eigenvalue weighted by molar-refractivity contribution is -0.170. The first-order valence-electron chi connectivity index (χ1n) is 12.0. The largest absolute Gasteiger partial charge is 0.458 e. The van der Waals surface area contributed by atoms with Gasteiger partial charge in [-0.1, -0.05) is 45.9 Å². The molecular weight excluding hydrogens is 451 g/mol. The molecule has 3 aromatic rings. The second kappa shape index (κ2) is 8.13. The Bertz CT molecular complexity index is 1360. The molecule has 0 fully saturated rings. The van der Waals surface area contributed by atoms with Gasteiger partial charge in [0.15, 0.2) is 13.9 Å². The van der Waals surface area contributed by atoms with Crippen LogP contribution in [0.1, 0.15) is 57.1 Å².